The highest BCUT2D eigenvalue weighted by molar-refractivity contribution is 5.73. The summed E-state index contributed by atoms with van der Waals surface area (Å²) >= 11 is 0. The first-order valence-corrected chi connectivity index (χ1v) is 7.54. The summed E-state index contributed by atoms with van der Waals surface area (Å²) in [5.41, 5.74) is 2.72. The molecule has 8 heteroatoms. The average Bonchev–Trinajstić information content (AvgIpc) is 2.95. The van der Waals surface area contributed by atoms with Gasteiger partial charge in [-0.25, -0.2) is 4.79 Å². The lowest BCUT2D eigenvalue weighted by Crippen LogP contribution is -2.36. The molecule has 0 aliphatic heterocycles. The third kappa shape index (κ3) is 3.27. The van der Waals surface area contributed by atoms with Crippen LogP contribution in [0.5, 0.6) is 0 Å². The number of rotatable bonds is 4. The molecule has 0 spiro atoms. The highest BCUT2D eigenvalue weighted by atomic mass is 16.2. The van der Waals surface area contributed by atoms with Gasteiger partial charge in [0.15, 0.2) is 11.5 Å². The number of nitrogens with one attached hydrogen (secondary N) is 3. The molecule has 8 nitrogen and oxygen atoms in total. The molecular formula is C16H18N6O2. The molecule has 3 heterocycles. The van der Waals surface area contributed by atoms with E-state index in [1.807, 2.05) is 44.3 Å². The van der Waals surface area contributed by atoms with Gasteiger partial charge in [0.05, 0.1) is 13.1 Å². The van der Waals surface area contributed by atoms with E-state index in [4.69, 9.17) is 0 Å². The number of pyridine rings is 2. The SMILES string of the molecule is Cc1cc(C)c(CNC(=O)NCc2nnc3ccccn23)c(=O)[nH]1. The Balaban J connectivity index is 1.60. The fraction of sp³-hybridized carbons (Fsp3) is 0.250. The normalized spacial score (nSPS) is 10.8. The minimum Gasteiger partial charge on any atom is -0.334 e. The van der Waals surface area contributed by atoms with E-state index in [1.54, 1.807) is 4.40 Å². The molecular weight excluding hydrogens is 308 g/mol. The molecule has 3 aromatic rings. The molecule has 0 aliphatic rings. The van der Waals surface area contributed by atoms with Crippen molar-refractivity contribution in [2.24, 2.45) is 0 Å². The van der Waals surface area contributed by atoms with Crippen molar-refractivity contribution in [1.29, 1.82) is 0 Å². The molecule has 3 aromatic heterocycles. The summed E-state index contributed by atoms with van der Waals surface area (Å²) in [5.74, 6) is 0.630. The van der Waals surface area contributed by atoms with Crippen LogP contribution in [0.4, 0.5) is 4.79 Å². The van der Waals surface area contributed by atoms with Crippen molar-refractivity contribution in [1.82, 2.24) is 30.2 Å². The number of fused-ring (bicyclic) bond motifs is 1. The number of hydrogen-bond acceptors (Lipinski definition) is 4. The predicted octanol–water partition coefficient (Wildman–Crippen LogP) is 1.03. The molecule has 0 aliphatic carbocycles. The van der Waals surface area contributed by atoms with Crippen LogP contribution < -0.4 is 16.2 Å². The summed E-state index contributed by atoms with van der Waals surface area (Å²) in [5, 5.41) is 13.5. The Kier molecular flexibility index (Phi) is 4.28. The van der Waals surface area contributed by atoms with E-state index in [0.29, 0.717) is 11.4 Å². The Morgan fingerprint density at radius 3 is 2.79 bits per heavy atom. The van der Waals surface area contributed by atoms with E-state index in [2.05, 4.69) is 25.8 Å². The number of hydrogen-bond donors (Lipinski definition) is 3. The van der Waals surface area contributed by atoms with Crippen molar-refractivity contribution < 1.29 is 4.79 Å². The number of nitrogens with zero attached hydrogens (tertiary/aromatic N) is 3. The van der Waals surface area contributed by atoms with Crippen LogP contribution in [-0.2, 0) is 13.1 Å². The minimum atomic E-state index is -0.373. The van der Waals surface area contributed by atoms with E-state index >= 15 is 0 Å². The van der Waals surface area contributed by atoms with Crippen LogP contribution in [0.15, 0.2) is 35.3 Å². The monoisotopic (exact) mass is 326 g/mol. The van der Waals surface area contributed by atoms with E-state index in [9.17, 15) is 9.59 Å². The number of carbonyl (C=O) groups is 1. The van der Waals surface area contributed by atoms with Gasteiger partial charge in [0.1, 0.15) is 0 Å². The number of aromatic amines is 1. The molecule has 2 amide bonds. The van der Waals surface area contributed by atoms with Gasteiger partial charge >= 0.3 is 6.03 Å². The van der Waals surface area contributed by atoms with Gasteiger partial charge in [-0.15, -0.1) is 10.2 Å². The van der Waals surface area contributed by atoms with Crippen LogP contribution in [-0.4, -0.2) is 25.6 Å². The minimum absolute atomic E-state index is 0.161. The van der Waals surface area contributed by atoms with Crippen molar-refractivity contribution in [3.63, 3.8) is 0 Å². The van der Waals surface area contributed by atoms with Crippen molar-refractivity contribution in [3.8, 4) is 0 Å². The molecule has 0 aromatic carbocycles. The second-order valence-electron chi connectivity index (χ2n) is 5.52. The van der Waals surface area contributed by atoms with Gasteiger partial charge in [-0.3, -0.25) is 9.20 Å². The third-order valence-corrected chi connectivity index (χ3v) is 3.71. The molecule has 24 heavy (non-hydrogen) atoms. The summed E-state index contributed by atoms with van der Waals surface area (Å²) in [6, 6.07) is 7.07. The van der Waals surface area contributed by atoms with Crippen LogP contribution in [0.3, 0.4) is 0 Å². The number of H-pyrrole nitrogens is 1. The summed E-state index contributed by atoms with van der Waals surface area (Å²) in [7, 11) is 0. The van der Waals surface area contributed by atoms with Gasteiger partial charge in [0.2, 0.25) is 0 Å². The van der Waals surface area contributed by atoms with Crippen molar-refractivity contribution >= 4 is 11.7 Å². The second-order valence-corrected chi connectivity index (χ2v) is 5.52. The standard InChI is InChI=1S/C16H18N6O2/c1-10-7-11(2)19-15(23)12(10)8-17-16(24)18-9-14-21-20-13-5-3-4-6-22(13)14/h3-7H,8-9H2,1-2H3,(H,19,23)(H2,17,18,24). The summed E-state index contributed by atoms with van der Waals surface area (Å²) < 4.78 is 1.80. The fourth-order valence-electron chi connectivity index (χ4n) is 2.50. The molecule has 0 atom stereocenters. The fourth-order valence-corrected chi connectivity index (χ4v) is 2.50. The summed E-state index contributed by atoms with van der Waals surface area (Å²) in [6.45, 7) is 4.06. The first-order valence-electron chi connectivity index (χ1n) is 7.54. The predicted molar refractivity (Wildman–Crippen MR) is 88.6 cm³/mol. The van der Waals surface area contributed by atoms with Gasteiger partial charge in [-0.05, 0) is 37.6 Å². The quantitative estimate of drug-likeness (QED) is 0.666. The zero-order valence-electron chi connectivity index (χ0n) is 13.5. The molecule has 124 valence electrons. The Hall–Kier alpha value is -3.16. The number of aromatic nitrogens is 4. The Morgan fingerprint density at radius 2 is 2.00 bits per heavy atom. The Morgan fingerprint density at radius 1 is 1.21 bits per heavy atom. The molecule has 0 saturated heterocycles. The topological polar surface area (TPSA) is 104 Å². The molecule has 0 saturated carbocycles. The molecule has 0 unspecified atom stereocenters. The lowest BCUT2D eigenvalue weighted by molar-refractivity contribution is 0.240. The van der Waals surface area contributed by atoms with Gasteiger partial charge in [0.25, 0.3) is 5.56 Å². The third-order valence-electron chi connectivity index (χ3n) is 3.71. The lowest BCUT2D eigenvalue weighted by atomic mass is 10.1. The zero-order chi connectivity index (χ0) is 17.1. The van der Waals surface area contributed by atoms with Crippen LogP contribution in [0.1, 0.15) is 22.6 Å². The maximum atomic E-state index is 11.9. The van der Waals surface area contributed by atoms with Gasteiger partial charge in [0, 0.05) is 17.5 Å². The highest BCUT2D eigenvalue weighted by Gasteiger charge is 2.09. The maximum Gasteiger partial charge on any atom is 0.315 e. The van der Waals surface area contributed by atoms with Gasteiger partial charge in [-0.2, -0.15) is 0 Å². The van der Waals surface area contributed by atoms with Crippen LogP contribution in [0, 0.1) is 13.8 Å². The highest BCUT2D eigenvalue weighted by Crippen LogP contribution is 2.04. The van der Waals surface area contributed by atoms with E-state index in [1.165, 1.54) is 0 Å². The number of aryl methyl sites for hydroxylation is 2. The van der Waals surface area contributed by atoms with Crippen molar-refractivity contribution in [3.05, 3.63) is 63.5 Å². The summed E-state index contributed by atoms with van der Waals surface area (Å²) in [4.78, 5) is 26.6. The van der Waals surface area contributed by atoms with E-state index < -0.39 is 0 Å². The Labute approximate surface area is 137 Å². The number of amides is 2. The zero-order valence-corrected chi connectivity index (χ0v) is 13.5. The molecule has 3 N–H and O–H groups in total. The maximum absolute atomic E-state index is 11.9. The number of urea groups is 1. The largest absolute Gasteiger partial charge is 0.334 e. The van der Waals surface area contributed by atoms with E-state index in [0.717, 1.165) is 16.9 Å². The molecule has 0 bridgehead atoms. The average molecular weight is 326 g/mol. The van der Waals surface area contributed by atoms with Crippen LogP contribution in [0.2, 0.25) is 0 Å². The first-order chi connectivity index (χ1) is 11.5. The smallest absolute Gasteiger partial charge is 0.315 e. The van der Waals surface area contributed by atoms with Crippen molar-refractivity contribution in [2.75, 3.05) is 0 Å². The van der Waals surface area contributed by atoms with Gasteiger partial charge < -0.3 is 15.6 Å². The lowest BCUT2D eigenvalue weighted by Gasteiger charge is -2.09. The Bertz CT molecular complexity index is 943. The summed E-state index contributed by atoms with van der Waals surface area (Å²) in [6.07, 6.45) is 1.83. The second kappa shape index (κ2) is 6.53. The van der Waals surface area contributed by atoms with Crippen LogP contribution >= 0.6 is 0 Å². The van der Waals surface area contributed by atoms with Gasteiger partial charge in [-0.1, -0.05) is 6.07 Å². The number of carbonyl (C=O) groups excluding carboxylic acids is 1. The molecule has 3 rings (SSSR count). The van der Waals surface area contributed by atoms with E-state index in [-0.39, 0.29) is 24.7 Å². The first kappa shape index (κ1) is 15.7. The van der Waals surface area contributed by atoms with Crippen molar-refractivity contribution in [2.45, 2.75) is 26.9 Å². The van der Waals surface area contributed by atoms with Crippen LogP contribution in [0.25, 0.3) is 5.65 Å². The molecule has 0 radical (unpaired) electrons. The molecule has 0 fully saturated rings.